The summed E-state index contributed by atoms with van der Waals surface area (Å²) in [7, 11) is 1.55. The largest absolute Gasteiger partial charge is 0.495 e. The smallest absolute Gasteiger partial charge is 0.251 e. The molecule has 4 heteroatoms. The monoisotopic (exact) mass is 248 g/mol. The predicted octanol–water partition coefficient (Wildman–Crippen LogP) is 2.34. The number of nitrogen functional groups attached to an aromatic ring is 1. The molecular formula is C14H20N2O2. The summed E-state index contributed by atoms with van der Waals surface area (Å²) in [6.45, 7) is 2.11. The van der Waals surface area contributed by atoms with E-state index in [4.69, 9.17) is 10.5 Å². The summed E-state index contributed by atoms with van der Waals surface area (Å²) in [5.41, 5.74) is 6.88. The minimum Gasteiger partial charge on any atom is -0.495 e. The van der Waals surface area contributed by atoms with Gasteiger partial charge in [-0.05, 0) is 43.9 Å². The van der Waals surface area contributed by atoms with E-state index in [0.29, 0.717) is 17.0 Å². The van der Waals surface area contributed by atoms with Crippen LogP contribution in [0.5, 0.6) is 5.75 Å². The van der Waals surface area contributed by atoms with Crippen LogP contribution < -0.4 is 15.8 Å². The van der Waals surface area contributed by atoms with Gasteiger partial charge in [0.15, 0.2) is 0 Å². The zero-order chi connectivity index (χ0) is 13.2. The molecule has 1 aromatic rings. The van der Waals surface area contributed by atoms with Gasteiger partial charge in [-0.2, -0.15) is 0 Å². The van der Waals surface area contributed by atoms with E-state index in [0.717, 1.165) is 19.3 Å². The molecule has 0 aliphatic heterocycles. The minimum absolute atomic E-state index is 0.00566. The molecular weight excluding hydrogens is 228 g/mol. The van der Waals surface area contributed by atoms with Crippen LogP contribution in [0.15, 0.2) is 18.2 Å². The Morgan fingerprint density at radius 1 is 1.50 bits per heavy atom. The Kier molecular flexibility index (Phi) is 3.45. The van der Waals surface area contributed by atoms with Crippen molar-refractivity contribution in [3.8, 4) is 5.75 Å². The number of methoxy groups -OCH3 is 1. The molecule has 2 rings (SSSR count). The summed E-state index contributed by atoms with van der Waals surface area (Å²) < 4.78 is 5.13. The first-order valence-electron chi connectivity index (χ1n) is 6.36. The van der Waals surface area contributed by atoms with Gasteiger partial charge >= 0.3 is 0 Å². The molecule has 3 N–H and O–H groups in total. The SMILES string of the molecule is CCC1(NC(=O)c2ccc(N)c(OC)c2)CCC1. The first-order chi connectivity index (χ1) is 8.60. The summed E-state index contributed by atoms with van der Waals surface area (Å²) in [4.78, 5) is 12.2. The van der Waals surface area contributed by atoms with Crippen molar-refractivity contribution in [2.75, 3.05) is 12.8 Å². The Balaban J connectivity index is 2.13. The molecule has 0 aromatic heterocycles. The third-order valence-corrected chi connectivity index (χ3v) is 3.86. The van der Waals surface area contributed by atoms with Crippen LogP contribution in [0.3, 0.4) is 0 Å². The van der Waals surface area contributed by atoms with Gasteiger partial charge in [-0.15, -0.1) is 0 Å². The maximum absolute atomic E-state index is 12.2. The number of amides is 1. The normalized spacial score (nSPS) is 16.8. The summed E-state index contributed by atoms with van der Waals surface area (Å²) in [6, 6.07) is 5.12. The molecule has 1 aliphatic carbocycles. The first-order valence-corrected chi connectivity index (χ1v) is 6.36. The van der Waals surface area contributed by atoms with Crippen molar-refractivity contribution in [2.45, 2.75) is 38.1 Å². The van der Waals surface area contributed by atoms with E-state index < -0.39 is 0 Å². The molecule has 98 valence electrons. The van der Waals surface area contributed by atoms with Gasteiger partial charge in [-0.3, -0.25) is 4.79 Å². The Morgan fingerprint density at radius 2 is 2.22 bits per heavy atom. The number of nitrogens with one attached hydrogen (secondary N) is 1. The summed E-state index contributed by atoms with van der Waals surface area (Å²) in [5.74, 6) is 0.497. The fourth-order valence-electron chi connectivity index (χ4n) is 2.34. The van der Waals surface area contributed by atoms with E-state index in [1.165, 1.54) is 6.42 Å². The molecule has 0 unspecified atom stereocenters. The van der Waals surface area contributed by atoms with Crippen molar-refractivity contribution in [1.82, 2.24) is 5.32 Å². The van der Waals surface area contributed by atoms with Crippen LogP contribution in [0.2, 0.25) is 0 Å². The van der Waals surface area contributed by atoms with Crippen LogP contribution in [-0.2, 0) is 0 Å². The van der Waals surface area contributed by atoms with Crippen molar-refractivity contribution in [1.29, 1.82) is 0 Å². The average Bonchev–Trinajstić information content (AvgIpc) is 2.34. The molecule has 0 spiro atoms. The molecule has 1 amide bonds. The van der Waals surface area contributed by atoms with Crippen LogP contribution >= 0.6 is 0 Å². The Bertz CT molecular complexity index is 448. The van der Waals surface area contributed by atoms with Crippen LogP contribution in [0.4, 0.5) is 5.69 Å². The number of hydrogen-bond donors (Lipinski definition) is 2. The standard InChI is InChI=1S/C14H20N2O2/c1-3-14(7-4-8-14)16-13(17)10-5-6-11(15)12(9-10)18-2/h5-6,9H,3-4,7-8,15H2,1-2H3,(H,16,17). The van der Waals surface area contributed by atoms with Crippen molar-refractivity contribution in [2.24, 2.45) is 0 Å². The molecule has 0 heterocycles. The molecule has 0 atom stereocenters. The van der Waals surface area contributed by atoms with E-state index in [1.807, 2.05) is 0 Å². The zero-order valence-electron chi connectivity index (χ0n) is 11.0. The van der Waals surface area contributed by atoms with Crippen LogP contribution in [0, 0.1) is 0 Å². The molecule has 1 aliphatic rings. The lowest BCUT2D eigenvalue weighted by molar-refractivity contribution is 0.0820. The molecule has 0 saturated heterocycles. The maximum atomic E-state index is 12.2. The second kappa shape index (κ2) is 4.88. The first kappa shape index (κ1) is 12.7. The lowest BCUT2D eigenvalue weighted by Gasteiger charge is -2.42. The third kappa shape index (κ3) is 2.28. The van der Waals surface area contributed by atoms with Crippen LogP contribution in [0.25, 0.3) is 0 Å². The van der Waals surface area contributed by atoms with Crippen molar-refractivity contribution in [3.63, 3.8) is 0 Å². The Labute approximate surface area is 108 Å². The maximum Gasteiger partial charge on any atom is 0.251 e. The van der Waals surface area contributed by atoms with Gasteiger partial charge in [0.05, 0.1) is 12.8 Å². The summed E-state index contributed by atoms with van der Waals surface area (Å²) in [6.07, 6.45) is 4.31. The molecule has 1 fully saturated rings. The molecule has 4 nitrogen and oxygen atoms in total. The van der Waals surface area contributed by atoms with Crippen LogP contribution in [0.1, 0.15) is 43.0 Å². The van der Waals surface area contributed by atoms with E-state index in [9.17, 15) is 4.79 Å². The number of ether oxygens (including phenoxy) is 1. The third-order valence-electron chi connectivity index (χ3n) is 3.86. The van der Waals surface area contributed by atoms with Gasteiger partial charge in [0.1, 0.15) is 5.75 Å². The van der Waals surface area contributed by atoms with Gasteiger partial charge in [0, 0.05) is 11.1 Å². The number of benzene rings is 1. The summed E-state index contributed by atoms with van der Waals surface area (Å²) >= 11 is 0. The van der Waals surface area contributed by atoms with Gasteiger partial charge in [0.2, 0.25) is 0 Å². The molecule has 18 heavy (non-hydrogen) atoms. The number of rotatable bonds is 4. The average molecular weight is 248 g/mol. The number of anilines is 1. The highest BCUT2D eigenvalue weighted by atomic mass is 16.5. The van der Waals surface area contributed by atoms with E-state index >= 15 is 0 Å². The highest BCUT2D eigenvalue weighted by Crippen LogP contribution is 2.35. The number of carbonyl (C=O) groups is 1. The van der Waals surface area contributed by atoms with Gasteiger partial charge in [-0.1, -0.05) is 6.92 Å². The highest BCUT2D eigenvalue weighted by Gasteiger charge is 2.36. The van der Waals surface area contributed by atoms with Gasteiger partial charge in [0.25, 0.3) is 5.91 Å². The second-order valence-electron chi connectivity index (χ2n) is 4.90. The van der Waals surface area contributed by atoms with Crippen molar-refractivity contribution in [3.05, 3.63) is 23.8 Å². The number of hydrogen-bond acceptors (Lipinski definition) is 3. The summed E-state index contributed by atoms with van der Waals surface area (Å²) in [5, 5.41) is 3.13. The second-order valence-corrected chi connectivity index (χ2v) is 4.90. The molecule has 1 saturated carbocycles. The van der Waals surface area contributed by atoms with E-state index in [-0.39, 0.29) is 11.4 Å². The van der Waals surface area contributed by atoms with E-state index in [1.54, 1.807) is 25.3 Å². The fraction of sp³-hybridized carbons (Fsp3) is 0.500. The quantitative estimate of drug-likeness (QED) is 0.804. The van der Waals surface area contributed by atoms with Crippen molar-refractivity contribution >= 4 is 11.6 Å². The minimum atomic E-state index is -0.0464. The van der Waals surface area contributed by atoms with Crippen molar-refractivity contribution < 1.29 is 9.53 Å². The molecule has 0 bridgehead atoms. The molecule has 1 aromatic carbocycles. The number of nitrogens with two attached hydrogens (primary N) is 1. The van der Waals surface area contributed by atoms with Gasteiger partial charge in [-0.25, -0.2) is 0 Å². The zero-order valence-corrected chi connectivity index (χ0v) is 11.0. The Morgan fingerprint density at radius 3 is 2.72 bits per heavy atom. The number of carbonyl (C=O) groups excluding carboxylic acids is 1. The fourth-order valence-corrected chi connectivity index (χ4v) is 2.34. The van der Waals surface area contributed by atoms with Crippen LogP contribution in [-0.4, -0.2) is 18.6 Å². The van der Waals surface area contributed by atoms with Gasteiger partial charge < -0.3 is 15.8 Å². The van der Waals surface area contributed by atoms with E-state index in [2.05, 4.69) is 12.2 Å². The molecule has 0 radical (unpaired) electrons. The lowest BCUT2D eigenvalue weighted by atomic mass is 9.74. The lowest BCUT2D eigenvalue weighted by Crippen LogP contribution is -2.52. The predicted molar refractivity (Wildman–Crippen MR) is 71.7 cm³/mol. The topological polar surface area (TPSA) is 64.4 Å². The Hall–Kier alpha value is -1.71. The highest BCUT2D eigenvalue weighted by molar-refractivity contribution is 5.95.